The lowest BCUT2D eigenvalue weighted by molar-refractivity contribution is 0.881. The van der Waals surface area contributed by atoms with Crippen molar-refractivity contribution in [3.05, 3.63) is 36.2 Å². The van der Waals surface area contributed by atoms with Crippen LogP contribution in [-0.2, 0) is 0 Å². The SMILES string of the molecule is Cc1nc(Nc2ccc(N)cc2)cc(NC(C)C)n1. The van der Waals surface area contributed by atoms with E-state index in [9.17, 15) is 0 Å². The van der Waals surface area contributed by atoms with Crippen LogP contribution in [0.2, 0.25) is 0 Å². The second-order valence-electron chi connectivity index (χ2n) is 4.73. The summed E-state index contributed by atoms with van der Waals surface area (Å²) in [7, 11) is 0. The summed E-state index contributed by atoms with van der Waals surface area (Å²) in [5.74, 6) is 2.31. The first kappa shape index (κ1) is 13.1. The second-order valence-corrected chi connectivity index (χ2v) is 4.73. The molecule has 1 aromatic carbocycles. The van der Waals surface area contributed by atoms with Crippen molar-refractivity contribution in [2.45, 2.75) is 26.8 Å². The van der Waals surface area contributed by atoms with Gasteiger partial charge >= 0.3 is 0 Å². The van der Waals surface area contributed by atoms with E-state index in [2.05, 4.69) is 34.4 Å². The van der Waals surface area contributed by atoms with Gasteiger partial charge in [0.25, 0.3) is 0 Å². The van der Waals surface area contributed by atoms with Gasteiger partial charge in [-0.25, -0.2) is 9.97 Å². The fourth-order valence-corrected chi connectivity index (χ4v) is 1.72. The number of nitrogens with zero attached hydrogens (tertiary/aromatic N) is 2. The van der Waals surface area contributed by atoms with Gasteiger partial charge in [-0.3, -0.25) is 0 Å². The van der Waals surface area contributed by atoms with Crippen LogP contribution < -0.4 is 16.4 Å². The fourth-order valence-electron chi connectivity index (χ4n) is 1.72. The first-order valence-corrected chi connectivity index (χ1v) is 6.28. The number of benzene rings is 1. The van der Waals surface area contributed by atoms with Crippen LogP contribution in [0.15, 0.2) is 30.3 Å². The maximum Gasteiger partial charge on any atom is 0.136 e. The molecule has 5 heteroatoms. The van der Waals surface area contributed by atoms with Crippen LogP contribution in [0.5, 0.6) is 0 Å². The molecule has 2 rings (SSSR count). The summed E-state index contributed by atoms with van der Waals surface area (Å²) in [6, 6.07) is 9.76. The molecule has 0 fully saturated rings. The fraction of sp³-hybridized carbons (Fsp3) is 0.286. The standard InChI is InChI=1S/C14H19N5/c1-9(2)16-13-8-14(18-10(3)17-13)19-12-6-4-11(15)5-7-12/h4-9H,15H2,1-3H3,(H2,16,17,18,19). The Labute approximate surface area is 113 Å². The molecule has 1 heterocycles. The molecular weight excluding hydrogens is 238 g/mol. The van der Waals surface area contributed by atoms with Gasteiger partial charge in [-0.05, 0) is 45.0 Å². The van der Waals surface area contributed by atoms with Crippen LogP contribution in [0.3, 0.4) is 0 Å². The number of anilines is 4. The van der Waals surface area contributed by atoms with Crippen molar-refractivity contribution in [1.29, 1.82) is 0 Å². The lowest BCUT2D eigenvalue weighted by Crippen LogP contribution is -2.12. The molecule has 2 aromatic rings. The van der Waals surface area contributed by atoms with Crippen LogP contribution in [0, 0.1) is 6.92 Å². The Bertz CT molecular complexity index is 548. The minimum atomic E-state index is 0.332. The topological polar surface area (TPSA) is 75.9 Å². The Balaban J connectivity index is 2.19. The molecule has 19 heavy (non-hydrogen) atoms. The minimum Gasteiger partial charge on any atom is -0.399 e. The monoisotopic (exact) mass is 257 g/mol. The average molecular weight is 257 g/mol. The number of aromatic nitrogens is 2. The van der Waals surface area contributed by atoms with Gasteiger partial charge in [0.15, 0.2) is 0 Å². The summed E-state index contributed by atoms with van der Waals surface area (Å²) in [5.41, 5.74) is 7.35. The number of rotatable bonds is 4. The highest BCUT2D eigenvalue weighted by Crippen LogP contribution is 2.18. The number of nitrogen functional groups attached to an aromatic ring is 1. The van der Waals surface area contributed by atoms with Gasteiger partial charge in [0.1, 0.15) is 17.5 Å². The predicted molar refractivity (Wildman–Crippen MR) is 79.7 cm³/mol. The van der Waals surface area contributed by atoms with Crippen molar-refractivity contribution in [3.8, 4) is 0 Å². The first-order chi connectivity index (χ1) is 9.02. The summed E-state index contributed by atoms with van der Waals surface area (Å²) >= 11 is 0. The molecule has 0 amide bonds. The van der Waals surface area contributed by atoms with Crippen molar-refractivity contribution in [2.75, 3.05) is 16.4 Å². The molecule has 0 bridgehead atoms. The van der Waals surface area contributed by atoms with Crippen LogP contribution in [-0.4, -0.2) is 16.0 Å². The molecule has 1 aromatic heterocycles. The molecule has 100 valence electrons. The summed E-state index contributed by atoms with van der Waals surface area (Å²) < 4.78 is 0. The molecule has 4 N–H and O–H groups in total. The zero-order chi connectivity index (χ0) is 13.8. The quantitative estimate of drug-likeness (QED) is 0.734. The van der Waals surface area contributed by atoms with Crippen molar-refractivity contribution < 1.29 is 0 Å². The van der Waals surface area contributed by atoms with E-state index in [-0.39, 0.29) is 0 Å². The van der Waals surface area contributed by atoms with Gasteiger partial charge in [0, 0.05) is 23.5 Å². The lowest BCUT2D eigenvalue weighted by atomic mass is 10.3. The van der Waals surface area contributed by atoms with Crippen LogP contribution in [0.4, 0.5) is 23.0 Å². The molecule has 0 saturated heterocycles. The molecule has 0 radical (unpaired) electrons. The zero-order valence-corrected chi connectivity index (χ0v) is 11.4. The summed E-state index contributed by atoms with van der Waals surface area (Å²) in [6.45, 7) is 6.02. The van der Waals surface area contributed by atoms with Crippen LogP contribution in [0.1, 0.15) is 19.7 Å². The molecule has 0 aliphatic rings. The average Bonchev–Trinajstić information content (AvgIpc) is 2.30. The van der Waals surface area contributed by atoms with E-state index in [4.69, 9.17) is 5.73 Å². The number of nitrogens with two attached hydrogens (primary N) is 1. The molecular formula is C14H19N5. The summed E-state index contributed by atoms with van der Waals surface area (Å²) in [5, 5.41) is 6.51. The number of hydrogen-bond acceptors (Lipinski definition) is 5. The number of aryl methyl sites for hydroxylation is 1. The Hall–Kier alpha value is -2.30. The second kappa shape index (κ2) is 5.56. The summed E-state index contributed by atoms with van der Waals surface area (Å²) in [6.07, 6.45) is 0. The number of hydrogen-bond donors (Lipinski definition) is 3. The summed E-state index contributed by atoms with van der Waals surface area (Å²) in [4.78, 5) is 8.71. The van der Waals surface area contributed by atoms with E-state index in [1.165, 1.54) is 0 Å². The van der Waals surface area contributed by atoms with Gasteiger partial charge in [-0.2, -0.15) is 0 Å². The smallest absolute Gasteiger partial charge is 0.136 e. The minimum absolute atomic E-state index is 0.332. The zero-order valence-electron chi connectivity index (χ0n) is 11.4. The normalized spacial score (nSPS) is 10.5. The Kier molecular flexibility index (Phi) is 3.85. The molecule has 0 unspecified atom stereocenters. The van der Waals surface area contributed by atoms with Crippen LogP contribution >= 0.6 is 0 Å². The van der Waals surface area contributed by atoms with Gasteiger partial charge in [-0.15, -0.1) is 0 Å². The van der Waals surface area contributed by atoms with E-state index >= 15 is 0 Å². The van der Waals surface area contributed by atoms with Gasteiger partial charge < -0.3 is 16.4 Å². The van der Waals surface area contributed by atoms with Crippen molar-refractivity contribution in [2.24, 2.45) is 0 Å². The van der Waals surface area contributed by atoms with E-state index in [0.29, 0.717) is 6.04 Å². The molecule has 0 spiro atoms. The van der Waals surface area contributed by atoms with Crippen molar-refractivity contribution in [1.82, 2.24) is 9.97 Å². The third-order valence-electron chi connectivity index (χ3n) is 2.46. The first-order valence-electron chi connectivity index (χ1n) is 6.28. The molecule has 0 aliphatic carbocycles. The maximum absolute atomic E-state index is 5.66. The van der Waals surface area contributed by atoms with Crippen molar-refractivity contribution >= 4 is 23.0 Å². The Morgan fingerprint density at radius 3 is 2.32 bits per heavy atom. The molecule has 0 atom stereocenters. The predicted octanol–water partition coefficient (Wildman–Crippen LogP) is 2.93. The molecule has 0 aliphatic heterocycles. The highest BCUT2D eigenvalue weighted by molar-refractivity contribution is 5.61. The van der Waals surface area contributed by atoms with Gasteiger partial charge in [-0.1, -0.05) is 0 Å². The van der Waals surface area contributed by atoms with E-state index in [0.717, 1.165) is 28.8 Å². The Morgan fingerprint density at radius 1 is 1.05 bits per heavy atom. The maximum atomic E-state index is 5.66. The number of nitrogens with one attached hydrogen (secondary N) is 2. The highest BCUT2D eigenvalue weighted by atomic mass is 15.1. The highest BCUT2D eigenvalue weighted by Gasteiger charge is 2.03. The van der Waals surface area contributed by atoms with E-state index in [1.807, 2.05) is 37.3 Å². The molecule has 0 saturated carbocycles. The third kappa shape index (κ3) is 3.84. The lowest BCUT2D eigenvalue weighted by Gasteiger charge is -2.12. The Morgan fingerprint density at radius 2 is 1.68 bits per heavy atom. The largest absolute Gasteiger partial charge is 0.399 e. The van der Waals surface area contributed by atoms with Gasteiger partial charge in [0.05, 0.1) is 0 Å². The third-order valence-corrected chi connectivity index (χ3v) is 2.46. The van der Waals surface area contributed by atoms with Crippen molar-refractivity contribution in [3.63, 3.8) is 0 Å². The van der Waals surface area contributed by atoms with E-state index in [1.54, 1.807) is 0 Å². The van der Waals surface area contributed by atoms with Crippen LogP contribution in [0.25, 0.3) is 0 Å². The van der Waals surface area contributed by atoms with Gasteiger partial charge in [0.2, 0.25) is 0 Å². The molecule has 5 nitrogen and oxygen atoms in total. The van der Waals surface area contributed by atoms with E-state index < -0.39 is 0 Å².